The number of methoxy groups -OCH3 is 1. The van der Waals surface area contributed by atoms with Crippen molar-refractivity contribution in [1.29, 1.82) is 0 Å². The van der Waals surface area contributed by atoms with Crippen LogP contribution in [0.5, 0.6) is 5.75 Å². The zero-order chi connectivity index (χ0) is 18.6. The third kappa shape index (κ3) is 3.65. The number of ether oxygens (including phenoxy) is 1. The number of nitrogens with zero attached hydrogens (tertiary/aromatic N) is 3. The maximum atomic E-state index is 12.4. The molecule has 7 nitrogen and oxygen atoms in total. The lowest BCUT2D eigenvalue weighted by atomic mass is 10.1. The van der Waals surface area contributed by atoms with Crippen molar-refractivity contribution >= 4 is 33.8 Å². The predicted octanol–water partition coefficient (Wildman–Crippen LogP) is 3.93. The second-order valence-electron chi connectivity index (χ2n) is 5.79. The Labute approximate surface area is 159 Å². The minimum absolute atomic E-state index is 0.138. The van der Waals surface area contributed by atoms with Crippen molar-refractivity contribution < 1.29 is 14.1 Å². The van der Waals surface area contributed by atoms with Crippen molar-refractivity contribution in [3.8, 4) is 17.1 Å². The summed E-state index contributed by atoms with van der Waals surface area (Å²) < 4.78 is 10.6. The average Bonchev–Trinajstić information content (AvgIpc) is 3.38. The molecule has 1 amide bonds. The summed E-state index contributed by atoms with van der Waals surface area (Å²) in [6.07, 6.45) is 2.30. The van der Waals surface area contributed by atoms with E-state index in [1.165, 1.54) is 0 Å². The van der Waals surface area contributed by atoms with Crippen molar-refractivity contribution in [1.82, 2.24) is 15.1 Å². The molecule has 8 heteroatoms. The van der Waals surface area contributed by atoms with Gasteiger partial charge < -0.3 is 14.6 Å². The van der Waals surface area contributed by atoms with Gasteiger partial charge in [-0.05, 0) is 35.7 Å². The largest absolute Gasteiger partial charge is 0.494 e. The molecule has 3 heterocycles. The molecule has 0 unspecified atom stereocenters. The Morgan fingerprint density at radius 2 is 2.22 bits per heavy atom. The molecule has 136 valence electrons. The van der Waals surface area contributed by atoms with Gasteiger partial charge in [-0.3, -0.25) is 9.78 Å². The second-order valence-corrected chi connectivity index (χ2v) is 6.57. The van der Waals surface area contributed by atoms with E-state index in [1.54, 1.807) is 30.7 Å². The van der Waals surface area contributed by atoms with Gasteiger partial charge in [-0.2, -0.15) is 16.3 Å². The molecule has 0 saturated heterocycles. The van der Waals surface area contributed by atoms with Gasteiger partial charge in [0.25, 0.3) is 0 Å². The van der Waals surface area contributed by atoms with E-state index in [4.69, 9.17) is 9.26 Å². The van der Waals surface area contributed by atoms with E-state index in [9.17, 15) is 4.79 Å². The van der Waals surface area contributed by atoms with Crippen molar-refractivity contribution in [2.45, 2.75) is 12.8 Å². The van der Waals surface area contributed by atoms with E-state index in [-0.39, 0.29) is 12.3 Å². The quantitative estimate of drug-likeness (QED) is 0.545. The molecule has 3 aromatic heterocycles. The van der Waals surface area contributed by atoms with Gasteiger partial charge in [-0.15, -0.1) is 0 Å². The highest BCUT2D eigenvalue weighted by Crippen LogP contribution is 2.29. The molecule has 0 atom stereocenters. The first-order valence-corrected chi connectivity index (χ1v) is 9.25. The summed E-state index contributed by atoms with van der Waals surface area (Å²) >= 11 is 1.57. The maximum absolute atomic E-state index is 12.4. The van der Waals surface area contributed by atoms with Crippen LogP contribution in [0.3, 0.4) is 0 Å². The minimum Gasteiger partial charge on any atom is -0.494 e. The molecule has 4 aromatic rings. The van der Waals surface area contributed by atoms with Crippen LogP contribution in [0, 0.1) is 0 Å². The molecule has 0 bridgehead atoms. The minimum atomic E-state index is -0.138. The van der Waals surface area contributed by atoms with Crippen LogP contribution >= 0.6 is 11.3 Å². The first kappa shape index (κ1) is 17.2. The number of pyridine rings is 1. The monoisotopic (exact) mass is 380 g/mol. The molecule has 4 rings (SSSR count). The van der Waals surface area contributed by atoms with E-state index >= 15 is 0 Å². The van der Waals surface area contributed by atoms with Gasteiger partial charge in [0, 0.05) is 35.4 Å². The first-order chi connectivity index (χ1) is 13.2. The fourth-order valence-corrected chi connectivity index (χ4v) is 3.35. The molecular weight excluding hydrogens is 364 g/mol. The highest BCUT2D eigenvalue weighted by molar-refractivity contribution is 7.08. The predicted molar refractivity (Wildman–Crippen MR) is 103 cm³/mol. The summed E-state index contributed by atoms with van der Waals surface area (Å²) in [4.78, 5) is 21.0. The van der Waals surface area contributed by atoms with Gasteiger partial charge >= 0.3 is 0 Å². The van der Waals surface area contributed by atoms with Gasteiger partial charge in [0.2, 0.25) is 17.6 Å². The van der Waals surface area contributed by atoms with Crippen LogP contribution in [-0.2, 0) is 11.2 Å². The summed E-state index contributed by atoms with van der Waals surface area (Å²) in [5, 5.41) is 11.6. The summed E-state index contributed by atoms with van der Waals surface area (Å²) in [5.41, 5.74) is 2.31. The molecule has 0 aliphatic heterocycles. The maximum Gasteiger partial charge on any atom is 0.227 e. The normalized spacial score (nSPS) is 10.9. The molecule has 0 radical (unpaired) electrons. The molecule has 1 aromatic carbocycles. The average molecular weight is 380 g/mol. The standard InChI is InChI=1S/C19H16N4O3S/c1-25-15-5-4-14(13-3-2-9-20-18(13)15)21-16(24)6-7-17-22-19(23-26-17)12-8-10-27-11-12/h2-5,8-11H,6-7H2,1H3,(H,21,24). The van der Waals surface area contributed by atoms with Gasteiger partial charge in [0.15, 0.2) is 0 Å². The van der Waals surface area contributed by atoms with Crippen LogP contribution < -0.4 is 10.1 Å². The van der Waals surface area contributed by atoms with E-state index in [2.05, 4.69) is 20.4 Å². The molecule has 27 heavy (non-hydrogen) atoms. The Hall–Kier alpha value is -3.26. The lowest BCUT2D eigenvalue weighted by molar-refractivity contribution is -0.116. The molecule has 0 aliphatic rings. The number of aryl methyl sites for hydroxylation is 1. The fourth-order valence-electron chi connectivity index (χ4n) is 2.72. The number of amides is 1. The van der Waals surface area contributed by atoms with Crippen LogP contribution in [0.15, 0.2) is 51.8 Å². The number of carbonyl (C=O) groups excluding carboxylic acids is 1. The number of aromatic nitrogens is 3. The molecule has 0 spiro atoms. The summed E-state index contributed by atoms with van der Waals surface area (Å²) in [7, 11) is 1.59. The number of rotatable bonds is 6. The van der Waals surface area contributed by atoms with Gasteiger partial charge in [0.05, 0.1) is 12.8 Å². The number of benzene rings is 1. The number of anilines is 1. The fraction of sp³-hybridized carbons (Fsp3) is 0.158. The third-order valence-electron chi connectivity index (χ3n) is 4.04. The van der Waals surface area contributed by atoms with Gasteiger partial charge in [-0.25, -0.2) is 0 Å². The van der Waals surface area contributed by atoms with Gasteiger partial charge in [0.1, 0.15) is 11.3 Å². The smallest absolute Gasteiger partial charge is 0.227 e. The summed E-state index contributed by atoms with van der Waals surface area (Å²) in [6, 6.07) is 9.24. The highest BCUT2D eigenvalue weighted by atomic mass is 32.1. The first-order valence-electron chi connectivity index (χ1n) is 8.31. The number of thiophene rings is 1. The van der Waals surface area contributed by atoms with Crippen LogP contribution in [-0.4, -0.2) is 28.1 Å². The Balaban J connectivity index is 1.44. The van der Waals surface area contributed by atoms with Crippen LogP contribution in [0.25, 0.3) is 22.3 Å². The van der Waals surface area contributed by atoms with E-state index in [1.807, 2.05) is 35.0 Å². The summed E-state index contributed by atoms with van der Waals surface area (Å²) in [6.45, 7) is 0. The Morgan fingerprint density at radius 1 is 1.30 bits per heavy atom. The number of fused-ring (bicyclic) bond motifs is 1. The Kier molecular flexibility index (Phi) is 4.80. The third-order valence-corrected chi connectivity index (χ3v) is 4.72. The molecular formula is C19H16N4O3S. The lowest BCUT2D eigenvalue weighted by Crippen LogP contribution is -2.13. The topological polar surface area (TPSA) is 90.1 Å². The highest BCUT2D eigenvalue weighted by Gasteiger charge is 2.13. The Bertz CT molecular complexity index is 1080. The Morgan fingerprint density at radius 3 is 3.04 bits per heavy atom. The van der Waals surface area contributed by atoms with Crippen LogP contribution in [0.2, 0.25) is 0 Å². The number of hydrogen-bond acceptors (Lipinski definition) is 7. The van der Waals surface area contributed by atoms with Crippen LogP contribution in [0.4, 0.5) is 5.69 Å². The van der Waals surface area contributed by atoms with Gasteiger partial charge in [-0.1, -0.05) is 5.16 Å². The van der Waals surface area contributed by atoms with E-state index < -0.39 is 0 Å². The zero-order valence-corrected chi connectivity index (χ0v) is 15.3. The summed E-state index contributed by atoms with van der Waals surface area (Å²) in [5.74, 6) is 1.50. The number of hydrogen-bond donors (Lipinski definition) is 1. The second kappa shape index (κ2) is 7.55. The SMILES string of the molecule is COc1ccc(NC(=O)CCc2nc(-c3ccsc3)no2)c2cccnc12. The number of nitrogens with one attached hydrogen (secondary N) is 1. The van der Waals surface area contributed by atoms with Crippen molar-refractivity contribution in [3.63, 3.8) is 0 Å². The molecule has 1 N–H and O–H groups in total. The zero-order valence-electron chi connectivity index (χ0n) is 14.5. The lowest BCUT2D eigenvalue weighted by Gasteiger charge is -2.10. The van der Waals surface area contributed by atoms with Crippen molar-refractivity contribution in [2.24, 2.45) is 0 Å². The van der Waals surface area contributed by atoms with E-state index in [0.29, 0.717) is 35.1 Å². The molecule has 0 aliphatic carbocycles. The molecule has 0 saturated carbocycles. The van der Waals surface area contributed by atoms with Crippen molar-refractivity contribution in [2.75, 3.05) is 12.4 Å². The van der Waals surface area contributed by atoms with E-state index in [0.717, 1.165) is 10.9 Å². The number of carbonyl (C=O) groups is 1. The van der Waals surface area contributed by atoms with Crippen LogP contribution in [0.1, 0.15) is 12.3 Å². The molecule has 0 fully saturated rings. The van der Waals surface area contributed by atoms with Crippen molar-refractivity contribution in [3.05, 3.63) is 53.2 Å².